The van der Waals surface area contributed by atoms with E-state index in [0.717, 1.165) is 6.42 Å². The largest absolute Gasteiger partial charge is 0.396 e. The van der Waals surface area contributed by atoms with Gasteiger partial charge in [0, 0.05) is 5.41 Å². The van der Waals surface area contributed by atoms with Gasteiger partial charge in [-0.05, 0) is 34.7 Å². The molecule has 0 amide bonds. The van der Waals surface area contributed by atoms with E-state index in [4.69, 9.17) is 0 Å². The van der Waals surface area contributed by atoms with Crippen LogP contribution >= 0.6 is 11.3 Å². The van der Waals surface area contributed by atoms with Gasteiger partial charge in [0.2, 0.25) is 0 Å². The molecule has 0 aliphatic carbocycles. The molecule has 0 aliphatic heterocycles. The lowest BCUT2D eigenvalue weighted by Crippen LogP contribution is -2.37. The van der Waals surface area contributed by atoms with E-state index in [0.29, 0.717) is 0 Å². The van der Waals surface area contributed by atoms with Crippen LogP contribution in [0.1, 0.15) is 19.4 Å². The predicted octanol–water partition coefficient (Wildman–Crippen LogP) is 1.92. The lowest BCUT2D eigenvalue weighted by Gasteiger charge is -2.33. The molecule has 0 unspecified atom stereocenters. The molecule has 0 aromatic carbocycles. The maximum Gasteiger partial charge on any atom is 0.0515 e. The highest BCUT2D eigenvalue weighted by molar-refractivity contribution is 7.07. The first-order valence-electron chi connectivity index (χ1n) is 4.87. The molecule has 2 N–H and O–H groups in total. The summed E-state index contributed by atoms with van der Waals surface area (Å²) in [5.74, 6) is 0.275. The normalized spacial score (nSPS) is 12.4. The molecule has 1 rings (SSSR count). The average molecular weight is 214 g/mol. The van der Waals surface area contributed by atoms with E-state index >= 15 is 0 Å². The van der Waals surface area contributed by atoms with Crippen molar-refractivity contribution in [2.75, 3.05) is 13.2 Å². The van der Waals surface area contributed by atoms with Gasteiger partial charge in [-0.25, -0.2) is 0 Å². The van der Waals surface area contributed by atoms with E-state index in [1.807, 2.05) is 25.3 Å². The van der Waals surface area contributed by atoms with Gasteiger partial charge in [0.05, 0.1) is 13.2 Å². The summed E-state index contributed by atoms with van der Waals surface area (Å²) in [6, 6.07) is 2.05. The number of aliphatic hydroxyl groups is 2. The average Bonchev–Trinajstić information content (AvgIpc) is 2.66. The molecule has 1 heterocycles. The quantitative estimate of drug-likeness (QED) is 0.786. The van der Waals surface area contributed by atoms with E-state index in [9.17, 15) is 10.2 Å². The van der Waals surface area contributed by atoms with Crippen LogP contribution in [0.3, 0.4) is 0 Å². The molecule has 80 valence electrons. The van der Waals surface area contributed by atoms with Gasteiger partial charge >= 0.3 is 0 Å². The number of thiophene rings is 1. The number of hydrogen-bond donors (Lipinski definition) is 2. The maximum absolute atomic E-state index is 9.39. The zero-order chi connectivity index (χ0) is 10.6. The van der Waals surface area contributed by atoms with Crippen LogP contribution in [0.25, 0.3) is 0 Å². The van der Waals surface area contributed by atoms with Crippen molar-refractivity contribution in [3.05, 3.63) is 22.4 Å². The molecular weight excluding hydrogens is 196 g/mol. The van der Waals surface area contributed by atoms with Crippen molar-refractivity contribution in [3.8, 4) is 0 Å². The highest BCUT2D eigenvalue weighted by Crippen LogP contribution is 2.31. The first-order chi connectivity index (χ1) is 6.64. The zero-order valence-corrected chi connectivity index (χ0v) is 9.55. The second-order valence-electron chi connectivity index (χ2n) is 4.14. The van der Waals surface area contributed by atoms with Crippen molar-refractivity contribution in [3.63, 3.8) is 0 Å². The van der Waals surface area contributed by atoms with E-state index in [-0.39, 0.29) is 24.5 Å². The van der Waals surface area contributed by atoms with Crippen LogP contribution in [-0.4, -0.2) is 23.4 Å². The first kappa shape index (κ1) is 11.7. The second-order valence-corrected chi connectivity index (χ2v) is 4.92. The molecule has 0 radical (unpaired) electrons. The van der Waals surface area contributed by atoms with E-state index in [1.54, 1.807) is 11.3 Å². The minimum absolute atomic E-state index is 0.0387. The Kier molecular flexibility index (Phi) is 4.11. The van der Waals surface area contributed by atoms with Crippen molar-refractivity contribution >= 4 is 11.3 Å². The van der Waals surface area contributed by atoms with E-state index < -0.39 is 0 Å². The van der Waals surface area contributed by atoms with Gasteiger partial charge in [0.15, 0.2) is 0 Å². The van der Waals surface area contributed by atoms with Gasteiger partial charge in [0.1, 0.15) is 0 Å². The third-order valence-corrected chi connectivity index (χ3v) is 3.72. The van der Waals surface area contributed by atoms with Gasteiger partial charge in [-0.2, -0.15) is 11.3 Å². The molecule has 0 fully saturated rings. The van der Waals surface area contributed by atoms with Crippen LogP contribution in [0, 0.1) is 11.3 Å². The Morgan fingerprint density at radius 3 is 2.36 bits per heavy atom. The molecule has 1 aromatic rings. The minimum Gasteiger partial charge on any atom is -0.396 e. The molecule has 0 atom stereocenters. The van der Waals surface area contributed by atoms with E-state index in [2.05, 4.69) is 5.38 Å². The summed E-state index contributed by atoms with van der Waals surface area (Å²) in [5, 5.41) is 22.9. The third-order valence-electron chi connectivity index (χ3n) is 2.99. The van der Waals surface area contributed by atoms with E-state index in [1.165, 1.54) is 5.56 Å². The fourth-order valence-electron chi connectivity index (χ4n) is 1.53. The number of aliphatic hydroxyl groups excluding tert-OH is 2. The minimum atomic E-state index is -0.374. The summed E-state index contributed by atoms with van der Waals surface area (Å²) in [6.07, 6.45) is 0.751. The van der Waals surface area contributed by atoms with Crippen LogP contribution in [0.5, 0.6) is 0 Å². The molecule has 2 nitrogen and oxygen atoms in total. The number of hydrogen-bond acceptors (Lipinski definition) is 3. The Morgan fingerprint density at radius 2 is 2.00 bits per heavy atom. The van der Waals surface area contributed by atoms with Gasteiger partial charge in [-0.3, -0.25) is 0 Å². The molecule has 1 aromatic heterocycles. The Morgan fingerprint density at radius 1 is 1.36 bits per heavy atom. The Balaban J connectivity index is 2.78. The van der Waals surface area contributed by atoms with Gasteiger partial charge in [-0.15, -0.1) is 0 Å². The third kappa shape index (κ3) is 2.35. The molecule has 0 bridgehead atoms. The monoisotopic (exact) mass is 214 g/mol. The fourth-order valence-corrected chi connectivity index (χ4v) is 2.20. The van der Waals surface area contributed by atoms with Gasteiger partial charge < -0.3 is 10.2 Å². The van der Waals surface area contributed by atoms with Crippen LogP contribution < -0.4 is 0 Å². The molecule has 14 heavy (non-hydrogen) atoms. The predicted molar refractivity (Wildman–Crippen MR) is 59.5 cm³/mol. The summed E-state index contributed by atoms with van der Waals surface area (Å²) in [7, 11) is 0. The molecule has 0 saturated carbocycles. The van der Waals surface area contributed by atoms with Crippen molar-refractivity contribution in [2.24, 2.45) is 11.3 Å². The topological polar surface area (TPSA) is 40.5 Å². The van der Waals surface area contributed by atoms with Crippen molar-refractivity contribution in [1.82, 2.24) is 0 Å². The fraction of sp³-hybridized carbons (Fsp3) is 0.636. The first-order valence-corrected chi connectivity index (χ1v) is 5.81. The Hall–Kier alpha value is -0.380. The SMILES string of the molecule is CC(C)C(CO)(CO)Cc1ccsc1. The zero-order valence-electron chi connectivity index (χ0n) is 8.73. The summed E-state index contributed by atoms with van der Waals surface area (Å²) in [5.41, 5.74) is 0.827. The van der Waals surface area contributed by atoms with Crippen molar-refractivity contribution in [1.29, 1.82) is 0 Å². The molecular formula is C11H18O2S. The van der Waals surface area contributed by atoms with Crippen LogP contribution in [0.15, 0.2) is 16.8 Å². The highest BCUT2D eigenvalue weighted by atomic mass is 32.1. The molecule has 0 aliphatic rings. The van der Waals surface area contributed by atoms with Crippen molar-refractivity contribution in [2.45, 2.75) is 20.3 Å². The lowest BCUT2D eigenvalue weighted by molar-refractivity contribution is 0.0164. The van der Waals surface area contributed by atoms with Crippen molar-refractivity contribution < 1.29 is 10.2 Å². The van der Waals surface area contributed by atoms with Crippen LogP contribution in [0.4, 0.5) is 0 Å². The molecule has 3 heteroatoms. The smallest absolute Gasteiger partial charge is 0.0515 e. The lowest BCUT2D eigenvalue weighted by atomic mass is 9.74. The summed E-state index contributed by atoms with van der Waals surface area (Å²) < 4.78 is 0. The van der Waals surface area contributed by atoms with Gasteiger partial charge in [-0.1, -0.05) is 13.8 Å². The second kappa shape index (κ2) is 4.91. The summed E-state index contributed by atoms with van der Waals surface area (Å²) in [6.45, 7) is 4.16. The van der Waals surface area contributed by atoms with Gasteiger partial charge in [0.25, 0.3) is 0 Å². The summed E-state index contributed by atoms with van der Waals surface area (Å²) >= 11 is 1.65. The molecule has 0 saturated heterocycles. The molecule has 0 spiro atoms. The van der Waals surface area contributed by atoms with Crippen LogP contribution in [0.2, 0.25) is 0 Å². The maximum atomic E-state index is 9.39. The standard InChI is InChI=1S/C11H18O2S/c1-9(2)11(7-12,8-13)5-10-3-4-14-6-10/h3-4,6,9,12-13H,5,7-8H2,1-2H3. The number of rotatable bonds is 5. The summed E-state index contributed by atoms with van der Waals surface area (Å²) in [4.78, 5) is 0. The van der Waals surface area contributed by atoms with Crippen LogP contribution in [-0.2, 0) is 6.42 Å². The Labute approximate surface area is 89.2 Å². The Bertz CT molecular complexity index is 250. The highest BCUT2D eigenvalue weighted by Gasteiger charge is 2.32.